The minimum atomic E-state index is -0.423. The summed E-state index contributed by atoms with van der Waals surface area (Å²) in [5.41, 5.74) is 1.20. The largest absolute Gasteiger partial charge is 0.508 e. The molecule has 2 aromatic rings. The first-order chi connectivity index (χ1) is 18.2. The smallest absolute Gasteiger partial charge is 0.227 e. The van der Waals surface area contributed by atoms with Crippen molar-refractivity contribution in [3.8, 4) is 17.2 Å². The van der Waals surface area contributed by atoms with Crippen molar-refractivity contribution < 1.29 is 34.0 Å². The van der Waals surface area contributed by atoms with Crippen LogP contribution in [0, 0.1) is 0 Å². The Bertz CT molecular complexity index is 1080. The number of amides is 1. The number of ether oxygens (including phenoxy) is 3. The molecule has 1 aliphatic heterocycles. The highest BCUT2D eigenvalue weighted by Gasteiger charge is 2.27. The Kier molecular flexibility index (Phi) is 10.9. The first kappa shape index (κ1) is 29.4. The number of morpholine rings is 1. The lowest BCUT2D eigenvalue weighted by Crippen LogP contribution is -2.44. The Labute approximate surface area is 224 Å². The number of hydrogen-bond donors (Lipinski definition) is 2. The molecule has 9 heteroatoms. The van der Waals surface area contributed by atoms with Crippen molar-refractivity contribution in [1.82, 2.24) is 9.80 Å². The highest BCUT2D eigenvalue weighted by atomic mass is 16.5. The predicted molar refractivity (Wildman–Crippen MR) is 144 cm³/mol. The van der Waals surface area contributed by atoms with Crippen LogP contribution in [0.5, 0.6) is 17.2 Å². The minimum Gasteiger partial charge on any atom is -0.508 e. The molecule has 2 aromatic carbocycles. The van der Waals surface area contributed by atoms with Crippen LogP contribution in [0.4, 0.5) is 0 Å². The van der Waals surface area contributed by atoms with Crippen LogP contribution in [0.1, 0.15) is 47.8 Å². The van der Waals surface area contributed by atoms with Gasteiger partial charge in [0, 0.05) is 51.5 Å². The van der Waals surface area contributed by atoms with Crippen LogP contribution in [0.2, 0.25) is 0 Å². The lowest BCUT2D eigenvalue weighted by Gasteiger charge is -2.30. The maximum absolute atomic E-state index is 13.6. The number of rotatable bonds is 13. The normalized spacial score (nSPS) is 14.0. The Balaban J connectivity index is 1.90. The van der Waals surface area contributed by atoms with Crippen molar-refractivity contribution >= 4 is 11.7 Å². The highest BCUT2D eigenvalue weighted by Crippen LogP contribution is 2.35. The second-order valence-corrected chi connectivity index (χ2v) is 9.62. The van der Waals surface area contributed by atoms with Crippen molar-refractivity contribution in [2.75, 3.05) is 59.7 Å². The molecule has 0 radical (unpaired) electrons. The number of ketones is 1. The van der Waals surface area contributed by atoms with Gasteiger partial charge >= 0.3 is 0 Å². The standard InChI is InChI=1S/C29H40N2O7/c1-5-23-24(18-27(34)31(14-15-36-4)11-10-30-12-16-37-17-13-30)28(26(33)19-25(23)32)29(35)21-6-8-22(9-7-21)38-20(2)3/h6-9,19-20,32-33H,5,10-18H2,1-4H3. The van der Waals surface area contributed by atoms with E-state index >= 15 is 0 Å². The third-order valence-corrected chi connectivity index (χ3v) is 6.61. The molecule has 0 spiro atoms. The summed E-state index contributed by atoms with van der Waals surface area (Å²) in [5, 5.41) is 21.4. The van der Waals surface area contributed by atoms with E-state index in [1.807, 2.05) is 20.8 Å². The van der Waals surface area contributed by atoms with E-state index < -0.39 is 5.78 Å². The van der Waals surface area contributed by atoms with Crippen molar-refractivity contribution in [3.05, 3.63) is 52.6 Å². The number of carbonyl (C=O) groups excluding carboxylic acids is 2. The number of benzene rings is 2. The molecule has 0 unspecified atom stereocenters. The zero-order valence-corrected chi connectivity index (χ0v) is 22.9. The monoisotopic (exact) mass is 528 g/mol. The Morgan fingerprint density at radius 3 is 2.34 bits per heavy atom. The molecular weight excluding hydrogens is 488 g/mol. The van der Waals surface area contributed by atoms with Gasteiger partial charge < -0.3 is 29.3 Å². The van der Waals surface area contributed by atoms with Gasteiger partial charge in [-0.1, -0.05) is 6.92 Å². The van der Waals surface area contributed by atoms with Gasteiger partial charge in [0.1, 0.15) is 17.2 Å². The van der Waals surface area contributed by atoms with Crippen LogP contribution in [0.25, 0.3) is 0 Å². The van der Waals surface area contributed by atoms with Gasteiger partial charge in [-0.15, -0.1) is 0 Å². The van der Waals surface area contributed by atoms with Crippen LogP contribution in [0.3, 0.4) is 0 Å². The SMILES string of the molecule is CCc1c(O)cc(O)c(C(=O)c2ccc(OC(C)C)cc2)c1CC(=O)N(CCOC)CCN1CCOCC1. The number of phenolic OH excluding ortho intramolecular Hbond substituents is 2. The first-order valence-electron chi connectivity index (χ1n) is 13.2. The van der Waals surface area contributed by atoms with Crippen molar-refractivity contribution in [2.24, 2.45) is 0 Å². The molecule has 0 saturated carbocycles. The maximum atomic E-state index is 13.6. The molecule has 1 fully saturated rings. The second kappa shape index (κ2) is 14.1. The lowest BCUT2D eigenvalue weighted by molar-refractivity contribution is -0.131. The van der Waals surface area contributed by atoms with Gasteiger partial charge in [0.15, 0.2) is 5.78 Å². The fourth-order valence-corrected chi connectivity index (χ4v) is 4.61. The summed E-state index contributed by atoms with van der Waals surface area (Å²) in [6.07, 6.45) is 0.252. The first-order valence-corrected chi connectivity index (χ1v) is 13.2. The molecule has 9 nitrogen and oxygen atoms in total. The van der Waals surface area contributed by atoms with Crippen LogP contribution < -0.4 is 4.74 Å². The van der Waals surface area contributed by atoms with E-state index in [1.165, 1.54) is 6.07 Å². The molecule has 1 aliphatic rings. The third-order valence-electron chi connectivity index (χ3n) is 6.61. The van der Waals surface area contributed by atoms with Gasteiger partial charge in [-0.25, -0.2) is 0 Å². The Morgan fingerprint density at radius 2 is 1.74 bits per heavy atom. The van der Waals surface area contributed by atoms with E-state index in [0.717, 1.165) is 13.1 Å². The average molecular weight is 529 g/mol. The van der Waals surface area contributed by atoms with Crippen LogP contribution in [-0.4, -0.2) is 97.5 Å². The maximum Gasteiger partial charge on any atom is 0.227 e. The molecule has 0 aromatic heterocycles. The predicted octanol–water partition coefficient (Wildman–Crippen LogP) is 3.03. The topological polar surface area (TPSA) is 109 Å². The molecule has 1 heterocycles. The van der Waals surface area contributed by atoms with Gasteiger partial charge in [-0.2, -0.15) is 0 Å². The number of carbonyl (C=O) groups is 2. The second-order valence-electron chi connectivity index (χ2n) is 9.62. The molecule has 0 aliphatic carbocycles. The zero-order valence-electron chi connectivity index (χ0n) is 22.9. The molecule has 0 bridgehead atoms. The number of hydrogen-bond acceptors (Lipinski definition) is 8. The molecule has 1 amide bonds. The van der Waals surface area contributed by atoms with Crippen LogP contribution in [0.15, 0.2) is 30.3 Å². The van der Waals surface area contributed by atoms with Crippen molar-refractivity contribution in [3.63, 3.8) is 0 Å². The van der Waals surface area contributed by atoms with Gasteiger partial charge in [0.25, 0.3) is 0 Å². The fraction of sp³-hybridized carbons (Fsp3) is 0.517. The Hall–Kier alpha value is -3.14. The molecule has 2 N–H and O–H groups in total. The number of methoxy groups -OCH3 is 1. The summed E-state index contributed by atoms with van der Waals surface area (Å²) in [7, 11) is 1.58. The van der Waals surface area contributed by atoms with E-state index in [4.69, 9.17) is 14.2 Å². The van der Waals surface area contributed by atoms with Crippen molar-refractivity contribution in [2.45, 2.75) is 39.7 Å². The fourth-order valence-electron chi connectivity index (χ4n) is 4.61. The summed E-state index contributed by atoms with van der Waals surface area (Å²) >= 11 is 0. The summed E-state index contributed by atoms with van der Waals surface area (Å²) in [4.78, 5) is 31.1. The van der Waals surface area contributed by atoms with E-state index in [-0.39, 0.29) is 35.5 Å². The van der Waals surface area contributed by atoms with E-state index in [9.17, 15) is 19.8 Å². The minimum absolute atomic E-state index is 0.00766. The lowest BCUT2D eigenvalue weighted by atomic mass is 9.89. The van der Waals surface area contributed by atoms with Crippen LogP contribution in [-0.2, 0) is 27.1 Å². The third kappa shape index (κ3) is 7.69. The molecule has 38 heavy (non-hydrogen) atoms. The van der Waals surface area contributed by atoms with Crippen LogP contribution >= 0.6 is 0 Å². The molecule has 1 saturated heterocycles. The molecule has 208 valence electrons. The van der Waals surface area contributed by atoms with E-state index in [0.29, 0.717) is 68.3 Å². The van der Waals surface area contributed by atoms with E-state index in [2.05, 4.69) is 4.90 Å². The van der Waals surface area contributed by atoms with Crippen molar-refractivity contribution in [1.29, 1.82) is 0 Å². The highest BCUT2D eigenvalue weighted by molar-refractivity contribution is 6.12. The quantitative estimate of drug-likeness (QED) is 0.382. The van der Waals surface area contributed by atoms with Gasteiger partial charge in [-0.05, 0) is 55.7 Å². The molecule has 0 atom stereocenters. The molecular formula is C29H40N2O7. The summed E-state index contributed by atoms with van der Waals surface area (Å²) in [5.74, 6) is -0.490. The summed E-state index contributed by atoms with van der Waals surface area (Å²) in [6.45, 7) is 10.6. The van der Waals surface area contributed by atoms with Gasteiger partial charge in [0.2, 0.25) is 5.91 Å². The summed E-state index contributed by atoms with van der Waals surface area (Å²) < 4.78 is 16.3. The number of aromatic hydroxyl groups is 2. The number of nitrogens with zero attached hydrogens (tertiary/aromatic N) is 2. The Morgan fingerprint density at radius 1 is 1.05 bits per heavy atom. The van der Waals surface area contributed by atoms with E-state index in [1.54, 1.807) is 36.3 Å². The average Bonchev–Trinajstić information content (AvgIpc) is 2.89. The van der Waals surface area contributed by atoms with Gasteiger partial charge in [0.05, 0.1) is 37.9 Å². The van der Waals surface area contributed by atoms with Gasteiger partial charge in [-0.3, -0.25) is 14.5 Å². The zero-order chi connectivity index (χ0) is 27.7. The number of phenols is 2. The molecule has 3 rings (SSSR count). The summed E-state index contributed by atoms with van der Waals surface area (Å²) in [6, 6.07) is 7.85.